The number of carbonyl (C=O) groups is 1. The zero-order valence-electron chi connectivity index (χ0n) is 33.7. The van der Waals surface area contributed by atoms with E-state index in [0.29, 0.717) is 165 Å². The van der Waals surface area contributed by atoms with Gasteiger partial charge in [0, 0.05) is 12.6 Å². The van der Waals surface area contributed by atoms with Gasteiger partial charge in [0.2, 0.25) is 0 Å². The molecule has 0 fully saturated rings. The van der Waals surface area contributed by atoms with Crippen molar-refractivity contribution < 1.29 is 81.0 Å². The topological polar surface area (TPSA) is 245 Å². The number of benzene rings is 1. The number of nitro benzene ring substituents is 2. The molecule has 0 saturated carbocycles. The van der Waals surface area contributed by atoms with E-state index < -0.39 is 9.85 Å². The van der Waals surface area contributed by atoms with Gasteiger partial charge in [-0.05, 0) is 6.07 Å². The highest BCUT2D eigenvalue weighted by atomic mass is 16.6. The maximum absolute atomic E-state index is 11.2. The number of anilines is 1. The number of non-ortho nitro benzene ring substituents is 1. The largest absolute Gasteiger partial charge is 0.469 e. The van der Waals surface area contributed by atoms with Crippen molar-refractivity contribution in [2.75, 3.05) is 191 Å². The predicted molar refractivity (Wildman–Crippen MR) is 206 cm³/mol. The molecule has 1 aromatic carbocycles. The lowest BCUT2D eigenvalue weighted by Gasteiger charge is -2.09. The quantitative estimate of drug-likeness (QED) is 0.0425. The fourth-order valence-corrected chi connectivity index (χ4v) is 4.19. The molecular weight excluding hydrogens is 778 g/mol. The zero-order chi connectivity index (χ0) is 42.0. The van der Waals surface area contributed by atoms with Gasteiger partial charge in [-0.15, -0.1) is 0 Å². The predicted octanol–water partition coefficient (Wildman–Crippen LogP) is 1.69. The summed E-state index contributed by atoms with van der Waals surface area (Å²) in [6.07, 6.45) is 0.233. The summed E-state index contributed by atoms with van der Waals surface area (Å²) in [6, 6.07) is 3.42. The molecule has 0 bridgehead atoms. The minimum atomic E-state index is -0.684. The number of nitro groups is 2. The molecule has 0 heterocycles. The standard InChI is InChI=1S/C36H63N3O19/c1-45-36(40)4-6-46-8-10-48-12-14-50-16-18-52-20-22-54-24-26-56-28-30-58-31-29-57-27-25-55-23-21-53-19-17-51-15-13-49-11-9-47-7-5-37-34-3-2-33(38(41)42)32-35(34)39(43)44/h2-3,32,37H,4-31H2,1H3. The maximum Gasteiger partial charge on any atom is 0.307 e. The number of hydrogen-bond acceptors (Lipinski definition) is 20. The van der Waals surface area contributed by atoms with Crippen LogP contribution in [-0.2, 0) is 71.1 Å². The number of esters is 1. The number of carbonyl (C=O) groups excluding carboxylic acids is 1. The molecule has 0 aromatic heterocycles. The first-order valence-corrected chi connectivity index (χ1v) is 19.2. The van der Waals surface area contributed by atoms with E-state index in [1.165, 1.54) is 19.2 Å². The third kappa shape index (κ3) is 33.7. The van der Waals surface area contributed by atoms with E-state index in [4.69, 9.17) is 61.6 Å². The third-order valence-electron chi connectivity index (χ3n) is 7.09. The highest BCUT2D eigenvalue weighted by molar-refractivity contribution is 5.69. The summed E-state index contributed by atoms with van der Waals surface area (Å²) >= 11 is 0. The summed E-state index contributed by atoms with van der Waals surface area (Å²) in [5.41, 5.74) is -0.540. The van der Waals surface area contributed by atoms with Gasteiger partial charge in [0.15, 0.2) is 0 Å². The highest BCUT2D eigenvalue weighted by Gasteiger charge is 2.19. The second-order valence-corrected chi connectivity index (χ2v) is 11.4. The van der Waals surface area contributed by atoms with E-state index in [1.807, 2.05) is 0 Å². The Kier molecular flexibility index (Phi) is 36.9. The van der Waals surface area contributed by atoms with Crippen LogP contribution in [0.2, 0.25) is 0 Å². The molecule has 0 unspecified atom stereocenters. The van der Waals surface area contributed by atoms with Crippen LogP contribution in [0.3, 0.4) is 0 Å². The number of nitrogens with one attached hydrogen (secondary N) is 1. The Morgan fingerprint density at radius 2 is 0.759 bits per heavy atom. The van der Waals surface area contributed by atoms with E-state index in [0.717, 1.165) is 6.07 Å². The van der Waals surface area contributed by atoms with Crippen molar-refractivity contribution in [2.24, 2.45) is 0 Å². The van der Waals surface area contributed by atoms with Gasteiger partial charge in [0.05, 0.1) is 201 Å². The van der Waals surface area contributed by atoms with Crippen molar-refractivity contribution in [1.29, 1.82) is 0 Å². The van der Waals surface area contributed by atoms with Crippen molar-refractivity contribution in [3.63, 3.8) is 0 Å². The first-order valence-electron chi connectivity index (χ1n) is 19.2. The van der Waals surface area contributed by atoms with E-state index in [2.05, 4.69) is 10.1 Å². The second-order valence-electron chi connectivity index (χ2n) is 11.4. The fourth-order valence-electron chi connectivity index (χ4n) is 4.19. The molecule has 0 aliphatic carbocycles. The van der Waals surface area contributed by atoms with E-state index in [-0.39, 0.29) is 42.6 Å². The van der Waals surface area contributed by atoms with Crippen molar-refractivity contribution in [3.8, 4) is 0 Å². The monoisotopic (exact) mass is 841 g/mol. The second kappa shape index (κ2) is 40.5. The number of nitrogens with zero attached hydrogens (tertiary/aromatic N) is 2. The lowest BCUT2D eigenvalue weighted by Crippen LogP contribution is -2.16. The van der Waals surface area contributed by atoms with Crippen LogP contribution in [-0.4, -0.2) is 201 Å². The highest BCUT2D eigenvalue weighted by Crippen LogP contribution is 2.28. The molecule has 0 atom stereocenters. The van der Waals surface area contributed by atoms with Crippen molar-refractivity contribution in [2.45, 2.75) is 6.42 Å². The first kappa shape index (κ1) is 52.8. The normalized spacial score (nSPS) is 11.3. The van der Waals surface area contributed by atoms with Crippen LogP contribution in [0.4, 0.5) is 17.1 Å². The molecule has 336 valence electrons. The molecule has 1 N–H and O–H groups in total. The first-order chi connectivity index (χ1) is 28.5. The van der Waals surface area contributed by atoms with Crippen LogP contribution in [0, 0.1) is 20.2 Å². The maximum atomic E-state index is 11.2. The molecule has 22 nitrogen and oxygen atoms in total. The summed E-state index contributed by atoms with van der Waals surface area (Å²) in [5.74, 6) is -0.296. The van der Waals surface area contributed by atoms with Gasteiger partial charge in [-0.25, -0.2) is 0 Å². The molecule has 0 radical (unpaired) electrons. The van der Waals surface area contributed by atoms with Gasteiger partial charge >= 0.3 is 5.97 Å². The Balaban J connectivity index is 1.68. The van der Waals surface area contributed by atoms with Gasteiger partial charge in [0.25, 0.3) is 11.4 Å². The number of rotatable bonds is 45. The molecule has 0 spiro atoms. The van der Waals surface area contributed by atoms with Crippen LogP contribution in [0.25, 0.3) is 0 Å². The van der Waals surface area contributed by atoms with E-state index in [9.17, 15) is 25.0 Å². The van der Waals surface area contributed by atoms with E-state index in [1.54, 1.807) is 0 Å². The van der Waals surface area contributed by atoms with Crippen molar-refractivity contribution >= 4 is 23.0 Å². The minimum Gasteiger partial charge on any atom is -0.469 e. The SMILES string of the molecule is COC(=O)CCOCCOCCOCCOCCOCCOCCOCCOCCOCCOCCOCCOCCOCCNc1ccc([N+](=O)[O-])cc1[N+](=O)[O-]. The summed E-state index contributed by atoms with van der Waals surface area (Å²) in [6.45, 7) is 11.5. The third-order valence-corrected chi connectivity index (χ3v) is 7.09. The van der Waals surface area contributed by atoms with Crippen LogP contribution in [0.1, 0.15) is 6.42 Å². The Morgan fingerprint density at radius 1 is 0.466 bits per heavy atom. The van der Waals surface area contributed by atoms with Crippen LogP contribution in [0.5, 0.6) is 0 Å². The molecule has 0 aliphatic heterocycles. The molecular formula is C36H63N3O19. The summed E-state index contributed by atoms with van der Waals surface area (Å²) in [7, 11) is 1.34. The van der Waals surface area contributed by atoms with Gasteiger partial charge in [-0.2, -0.15) is 0 Å². The molecule has 1 rings (SSSR count). The van der Waals surface area contributed by atoms with Gasteiger partial charge in [-0.1, -0.05) is 0 Å². The Hall–Kier alpha value is -3.23. The fraction of sp³-hybridized carbons (Fsp3) is 0.806. The van der Waals surface area contributed by atoms with E-state index >= 15 is 0 Å². The zero-order valence-corrected chi connectivity index (χ0v) is 33.7. The molecule has 0 saturated heterocycles. The minimum absolute atomic E-state index is 0.181. The van der Waals surface area contributed by atoms with Gasteiger partial charge in [-0.3, -0.25) is 25.0 Å². The Bertz CT molecular complexity index is 1140. The molecule has 22 heteroatoms. The smallest absolute Gasteiger partial charge is 0.307 e. The Labute approximate surface area is 339 Å². The summed E-state index contributed by atoms with van der Waals surface area (Å²) in [4.78, 5) is 31.6. The average Bonchev–Trinajstić information content (AvgIpc) is 3.22. The molecule has 58 heavy (non-hydrogen) atoms. The lowest BCUT2D eigenvalue weighted by molar-refractivity contribution is -0.393. The molecule has 0 aliphatic rings. The number of methoxy groups -OCH3 is 1. The molecule has 1 aromatic rings. The average molecular weight is 842 g/mol. The molecule has 0 amide bonds. The number of ether oxygens (including phenoxy) is 14. The lowest BCUT2D eigenvalue weighted by atomic mass is 10.2. The van der Waals surface area contributed by atoms with Crippen molar-refractivity contribution in [1.82, 2.24) is 0 Å². The Morgan fingerprint density at radius 3 is 1.03 bits per heavy atom. The van der Waals surface area contributed by atoms with Gasteiger partial charge < -0.3 is 71.6 Å². The van der Waals surface area contributed by atoms with Crippen LogP contribution >= 0.6 is 0 Å². The van der Waals surface area contributed by atoms with Crippen LogP contribution < -0.4 is 5.32 Å². The van der Waals surface area contributed by atoms with Crippen LogP contribution in [0.15, 0.2) is 18.2 Å². The summed E-state index contributed by atoms with van der Waals surface area (Å²) < 4.78 is 75.1. The summed E-state index contributed by atoms with van der Waals surface area (Å²) in [5, 5.41) is 24.8. The van der Waals surface area contributed by atoms with Gasteiger partial charge in [0.1, 0.15) is 5.69 Å². The van der Waals surface area contributed by atoms with Crippen molar-refractivity contribution in [3.05, 3.63) is 38.4 Å². The number of hydrogen-bond donors (Lipinski definition) is 1.